The second-order valence-corrected chi connectivity index (χ2v) is 5.81. The van der Waals surface area contributed by atoms with Crippen LogP contribution in [-0.4, -0.2) is 26.5 Å². The number of aromatic nitrogens is 1. The first-order chi connectivity index (χ1) is 9.94. The highest BCUT2D eigenvalue weighted by molar-refractivity contribution is 7.87. The number of pyridine rings is 1. The second-order valence-electron chi connectivity index (χ2n) is 3.86. The van der Waals surface area contributed by atoms with Crippen molar-refractivity contribution in [3.05, 3.63) is 53.3 Å². The fourth-order valence-electron chi connectivity index (χ4n) is 1.49. The first kappa shape index (κ1) is 15.3. The van der Waals surface area contributed by atoms with Crippen LogP contribution in [0, 0.1) is 0 Å². The molecule has 0 N–H and O–H groups in total. The Hall–Kier alpha value is -2.12. The lowest BCUT2D eigenvalue weighted by Gasteiger charge is -2.08. The van der Waals surface area contributed by atoms with Crippen molar-refractivity contribution in [3.8, 4) is 5.75 Å². The Morgan fingerprint density at radius 2 is 2.05 bits per heavy atom. The normalized spacial score (nSPS) is 11.0. The highest BCUT2D eigenvalue weighted by Gasteiger charge is 2.18. The SMILES string of the molecule is COC(=O)c1ccc(OS(=O)(=O)c2cccnc2)cc1Cl. The van der Waals surface area contributed by atoms with Crippen LogP contribution in [0.15, 0.2) is 47.6 Å². The maximum Gasteiger partial charge on any atom is 0.340 e. The van der Waals surface area contributed by atoms with Crippen LogP contribution in [0.2, 0.25) is 5.02 Å². The quantitative estimate of drug-likeness (QED) is 0.633. The van der Waals surface area contributed by atoms with Gasteiger partial charge in [0.2, 0.25) is 0 Å². The Balaban J connectivity index is 2.29. The van der Waals surface area contributed by atoms with Crippen molar-refractivity contribution in [1.29, 1.82) is 0 Å². The third-order valence-corrected chi connectivity index (χ3v) is 4.02. The van der Waals surface area contributed by atoms with Crippen molar-refractivity contribution in [3.63, 3.8) is 0 Å². The Bertz CT molecular complexity index is 761. The molecule has 0 saturated heterocycles. The summed E-state index contributed by atoms with van der Waals surface area (Å²) in [4.78, 5) is 15.0. The van der Waals surface area contributed by atoms with E-state index >= 15 is 0 Å². The van der Waals surface area contributed by atoms with Crippen LogP contribution in [0.1, 0.15) is 10.4 Å². The molecule has 110 valence electrons. The molecular weight excluding hydrogens is 318 g/mol. The highest BCUT2D eigenvalue weighted by Crippen LogP contribution is 2.25. The molecule has 0 unspecified atom stereocenters. The third kappa shape index (κ3) is 3.50. The number of methoxy groups -OCH3 is 1. The van der Waals surface area contributed by atoms with Crippen LogP contribution in [0.5, 0.6) is 5.75 Å². The number of benzene rings is 1. The molecule has 1 aromatic carbocycles. The van der Waals surface area contributed by atoms with E-state index in [2.05, 4.69) is 9.72 Å². The molecule has 2 rings (SSSR count). The molecule has 0 atom stereocenters. The molecule has 8 heteroatoms. The number of ether oxygens (including phenoxy) is 1. The summed E-state index contributed by atoms with van der Waals surface area (Å²) in [6.07, 6.45) is 2.61. The van der Waals surface area contributed by atoms with Gasteiger partial charge in [0.25, 0.3) is 0 Å². The first-order valence-electron chi connectivity index (χ1n) is 5.66. The van der Waals surface area contributed by atoms with E-state index in [0.717, 1.165) is 0 Å². The molecule has 0 aliphatic heterocycles. The lowest BCUT2D eigenvalue weighted by Crippen LogP contribution is -2.10. The van der Waals surface area contributed by atoms with Gasteiger partial charge in [0.05, 0.1) is 17.7 Å². The van der Waals surface area contributed by atoms with Crippen molar-refractivity contribution in [2.24, 2.45) is 0 Å². The minimum atomic E-state index is -4.01. The average molecular weight is 328 g/mol. The van der Waals surface area contributed by atoms with Gasteiger partial charge < -0.3 is 8.92 Å². The molecule has 1 heterocycles. The lowest BCUT2D eigenvalue weighted by atomic mass is 10.2. The molecule has 1 aromatic heterocycles. The van der Waals surface area contributed by atoms with E-state index in [4.69, 9.17) is 15.8 Å². The summed E-state index contributed by atoms with van der Waals surface area (Å²) in [6, 6.07) is 6.69. The van der Waals surface area contributed by atoms with Crippen molar-refractivity contribution in [2.75, 3.05) is 7.11 Å². The maximum absolute atomic E-state index is 12.0. The zero-order valence-corrected chi connectivity index (χ0v) is 12.4. The molecular formula is C13H10ClNO5S. The predicted octanol–water partition coefficient (Wildman–Crippen LogP) is 2.29. The van der Waals surface area contributed by atoms with Crippen LogP contribution in [0.4, 0.5) is 0 Å². The fourth-order valence-corrected chi connectivity index (χ4v) is 2.63. The molecule has 0 spiro atoms. The van der Waals surface area contributed by atoms with Crippen LogP contribution in [0.3, 0.4) is 0 Å². The number of hydrogen-bond acceptors (Lipinski definition) is 6. The molecule has 21 heavy (non-hydrogen) atoms. The maximum atomic E-state index is 12.0. The van der Waals surface area contributed by atoms with Gasteiger partial charge in [-0.1, -0.05) is 11.6 Å². The van der Waals surface area contributed by atoms with Gasteiger partial charge in [-0.25, -0.2) is 4.79 Å². The predicted molar refractivity (Wildman–Crippen MR) is 74.8 cm³/mol. The summed E-state index contributed by atoms with van der Waals surface area (Å²) < 4.78 is 33.5. The molecule has 0 fully saturated rings. The Morgan fingerprint density at radius 1 is 1.29 bits per heavy atom. The van der Waals surface area contributed by atoms with Crippen molar-refractivity contribution in [2.45, 2.75) is 4.90 Å². The number of nitrogens with zero attached hydrogens (tertiary/aromatic N) is 1. The standard InChI is InChI=1S/C13H10ClNO5S/c1-19-13(16)11-5-4-9(7-12(11)14)20-21(17,18)10-3-2-6-15-8-10/h2-8H,1H3. The number of carbonyl (C=O) groups is 1. The number of esters is 1. The summed E-state index contributed by atoms with van der Waals surface area (Å²) in [7, 11) is -2.79. The summed E-state index contributed by atoms with van der Waals surface area (Å²) >= 11 is 5.89. The Morgan fingerprint density at radius 3 is 2.62 bits per heavy atom. The number of rotatable bonds is 4. The molecule has 0 aliphatic rings. The molecule has 0 amide bonds. The number of hydrogen-bond donors (Lipinski definition) is 0. The average Bonchev–Trinajstić information content (AvgIpc) is 2.47. The topological polar surface area (TPSA) is 82.6 Å². The van der Waals surface area contributed by atoms with Crippen molar-refractivity contribution >= 4 is 27.7 Å². The van der Waals surface area contributed by atoms with Crippen LogP contribution >= 0.6 is 11.6 Å². The first-order valence-corrected chi connectivity index (χ1v) is 7.45. The van der Waals surface area contributed by atoms with Crippen LogP contribution in [0.25, 0.3) is 0 Å². The molecule has 0 saturated carbocycles. The largest absolute Gasteiger partial charge is 0.465 e. The highest BCUT2D eigenvalue weighted by atomic mass is 35.5. The monoisotopic (exact) mass is 327 g/mol. The van der Waals surface area contributed by atoms with E-state index < -0.39 is 16.1 Å². The number of carbonyl (C=O) groups excluding carboxylic acids is 1. The van der Waals surface area contributed by atoms with Gasteiger partial charge in [-0.3, -0.25) is 4.98 Å². The molecule has 0 radical (unpaired) electrons. The minimum absolute atomic E-state index is 0.0171. The summed E-state index contributed by atoms with van der Waals surface area (Å²) in [5.74, 6) is -0.641. The van der Waals surface area contributed by atoms with E-state index in [0.29, 0.717) is 0 Å². The third-order valence-electron chi connectivity index (χ3n) is 2.47. The Kier molecular flexibility index (Phi) is 4.44. The van der Waals surface area contributed by atoms with Gasteiger partial charge in [0.15, 0.2) is 0 Å². The lowest BCUT2D eigenvalue weighted by molar-refractivity contribution is 0.0601. The van der Waals surface area contributed by atoms with Crippen LogP contribution < -0.4 is 4.18 Å². The van der Waals surface area contributed by atoms with E-state index in [1.807, 2.05) is 0 Å². The summed E-state index contributed by atoms with van der Waals surface area (Å²) in [5.41, 5.74) is 0.116. The van der Waals surface area contributed by atoms with Gasteiger partial charge >= 0.3 is 16.1 Å². The van der Waals surface area contributed by atoms with Crippen LogP contribution in [-0.2, 0) is 14.9 Å². The van der Waals surface area contributed by atoms with Gasteiger partial charge in [0, 0.05) is 18.5 Å². The fraction of sp³-hybridized carbons (Fsp3) is 0.0769. The second kappa shape index (κ2) is 6.11. The Labute approximate surface area is 126 Å². The molecule has 2 aromatic rings. The van der Waals surface area contributed by atoms with Crippen molar-refractivity contribution < 1.29 is 22.1 Å². The molecule has 0 aliphatic carbocycles. The van der Waals surface area contributed by atoms with E-state index in [-0.39, 0.29) is 21.2 Å². The smallest absolute Gasteiger partial charge is 0.340 e. The number of halogens is 1. The van der Waals surface area contributed by atoms with Gasteiger partial charge in [-0.05, 0) is 24.3 Å². The van der Waals surface area contributed by atoms with E-state index in [1.54, 1.807) is 0 Å². The van der Waals surface area contributed by atoms with Crippen molar-refractivity contribution in [1.82, 2.24) is 4.98 Å². The molecule has 6 nitrogen and oxygen atoms in total. The summed E-state index contributed by atoms with van der Waals surface area (Å²) in [6.45, 7) is 0. The van der Waals surface area contributed by atoms with E-state index in [1.165, 1.54) is 49.8 Å². The van der Waals surface area contributed by atoms with Gasteiger partial charge in [-0.15, -0.1) is 0 Å². The van der Waals surface area contributed by atoms with Gasteiger partial charge in [0.1, 0.15) is 10.6 Å². The minimum Gasteiger partial charge on any atom is -0.465 e. The van der Waals surface area contributed by atoms with Gasteiger partial charge in [-0.2, -0.15) is 8.42 Å². The zero-order valence-electron chi connectivity index (χ0n) is 10.8. The zero-order chi connectivity index (χ0) is 15.5. The molecule has 0 bridgehead atoms. The summed E-state index contributed by atoms with van der Waals surface area (Å²) in [5, 5.41) is 0.0285. The van der Waals surface area contributed by atoms with E-state index in [9.17, 15) is 13.2 Å².